The minimum absolute atomic E-state index is 0.645. The van der Waals surface area contributed by atoms with Crippen LogP contribution in [0.1, 0.15) is 36.2 Å². The van der Waals surface area contributed by atoms with Crippen molar-refractivity contribution in [2.75, 3.05) is 49.6 Å². The van der Waals surface area contributed by atoms with Gasteiger partial charge in [0.15, 0.2) is 0 Å². The molecule has 0 radical (unpaired) electrons. The maximum absolute atomic E-state index is 10.00. The first-order valence-electron chi connectivity index (χ1n) is 13.2. The fourth-order valence-electron chi connectivity index (χ4n) is 4.89. The molecule has 3 aromatic rings. The van der Waals surface area contributed by atoms with E-state index in [-0.39, 0.29) is 0 Å². The summed E-state index contributed by atoms with van der Waals surface area (Å²) in [4.78, 5) is 12.6. The lowest BCUT2D eigenvalue weighted by Gasteiger charge is -2.35. The van der Waals surface area contributed by atoms with Crippen molar-refractivity contribution in [2.45, 2.75) is 34.1 Å². The number of aryl methyl sites for hydroxylation is 3. The van der Waals surface area contributed by atoms with Crippen LogP contribution in [0.4, 0.5) is 11.5 Å². The van der Waals surface area contributed by atoms with Crippen LogP contribution in [0, 0.1) is 25.2 Å². The van der Waals surface area contributed by atoms with E-state index in [9.17, 15) is 5.26 Å². The third-order valence-electron chi connectivity index (χ3n) is 7.23. The topological polar surface area (TPSA) is 50.8 Å². The average Bonchev–Trinajstić information content (AvgIpc) is 3.31. The highest BCUT2D eigenvalue weighted by Crippen LogP contribution is 2.36. The third kappa shape index (κ3) is 5.67. The van der Waals surface area contributed by atoms with Gasteiger partial charge in [-0.1, -0.05) is 61.2 Å². The number of thioether (sulfide) groups is 1. The van der Waals surface area contributed by atoms with Gasteiger partial charge >= 0.3 is 0 Å². The van der Waals surface area contributed by atoms with E-state index in [0.29, 0.717) is 4.91 Å². The molecule has 3 heterocycles. The lowest BCUT2D eigenvalue weighted by Crippen LogP contribution is -2.46. The normalized spacial score (nSPS) is 14.8. The van der Waals surface area contributed by atoms with Gasteiger partial charge in [-0.2, -0.15) is 5.26 Å². The molecule has 38 heavy (non-hydrogen) atoms. The van der Waals surface area contributed by atoms with Crippen LogP contribution in [-0.4, -0.2) is 54.1 Å². The summed E-state index contributed by atoms with van der Waals surface area (Å²) in [5, 5.41) is 10.8. The van der Waals surface area contributed by atoms with E-state index in [1.807, 2.05) is 20.0 Å². The summed E-state index contributed by atoms with van der Waals surface area (Å²) in [5.74, 6) is 1.00. The van der Waals surface area contributed by atoms with Crippen molar-refractivity contribution in [2.24, 2.45) is 0 Å². The van der Waals surface area contributed by atoms with Crippen molar-refractivity contribution < 1.29 is 0 Å². The first kappa shape index (κ1) is 27.6. The number of nitrogens with zero attached hydrogens (tertiary/aromatic N) is 6. The van der Waals surface area contributed by atoms with E-state index >= 15 is 0 Å². The van der Waals surface area contributed by atoms with Crippen molar-refractivity contribution >= 4 is 34.5 Å². The van der Waals surface area contributed by atoms with Crippen molar-refractivity contribution in [1.29, 1.82) is 5.26 Å². The Balaban J connectivity index is 1.65. The quantitative estimate of drug-likeness (QED) is 0.237. The molecule has 1 aromatic carbocycles. The van der Waals surface area contributed by atoms with Crippen LogP contribution in [0.5, 0.6) is 0 Å². The number of imidazole rings is 1. The molecule has 0 N–H and O–H groups in total. The predicted molar refractivity (Wildman–Crippen MR) is 163 cm³/mol. The van der Waals surface area contributed by atoms with Crippen molar-refractivity contribution in [3.8, 4) is 6.07 Å². The molecule has 0 amide bonds. The summed E-state index contributed by atoms with van der Waals surface area (Å²) in [6, 6.07) is 12.9. The Bertz CT molecular complexity index is 1400. The molecule has 0 aliphatic carbocycles. The van der Waals surface area contributed by atoms with Crippen LogP contribution in [0.3, 0.4) is 0 Å². The molecule has 4 rings (SSSR count). The van der Waals surface area contributed by atoms with Gasteiger partial charge in [0.1, 0.15) is 17.5 Å². The number of piperazine rings is 1. The summed E-state index contributed by atoms with van der Waals surface area (Å²) in [6.07, 6.45) is 4.99. The summed E-state index contributed by atoms with van der Waals surface area (Å²) in [6.45, 7) is 21.5. The zero-order chi connectivity index (χ0) is 27.4. The monoisotopic (exact) mass is 526 g/mol. The molecule has 7 heteroatoms. The molecule has 0 atom stereocenters. The Morgan fingerprint density at radius 3 is 2.47 bits per heavy atom. The van der Waals surface area contributed by atoms with Crippen molar-refractivity contribution in [3.05, 3.63) is 88.1 Å². The van der Waals surface area contributed by atoms with Gasteiger partial charge in [0, 0.05) is 46.0 Å². The third-order valence-corrected chi connectivity index (χ3v) is 8.34. The van der Waals surface area contributed by atoms with Crippen LogP contribution in [0.2, 0.25) is 0 Å². The fraction of sp³-hybridized carbons (Fsp3) is 0.355. The van der Waals surface area contributed by atoms with Gasteiger partial charge in [-0.25, -0.2) is 4.98 Å². The molecule has 0 bridgehead atoms. The number of nitriles is 1. The van der Waals surface area contributed by atoms with E-state index in [1.54, 1.807) is 0 Å². The van der Waals surface area contributed by atoms with E-state index in [1.165, 1.54) is 23.0 Å². The zero-order valence-corrected chi connectivity index (χ0v) is 24.1. The number of hydrogen-bond acceptors (Lipinski definition) is 6. The lowest BCUT2D eigenvalue weighted by atomic mass is 10.1. The second-order valence-corrected chi connectivity index (χ2v) is 11.0. The van der Waals surface area contributed by atoms with Crippen LogP contribution >= 0.6 is 11.8 Å². The number of benzene rings is 1. The number of anilines is 2. The van der Waals surface area contributed by atoms with Gasteiger partial charge < -0.3 is 9.80 Å². The van der Waals surface area contributed by atoms with Crippen LogP contribution < -0.4 is 9.80 Å². The van der Waals surface area contributed by atoms with Gasteiger partial charge in [-0.05, 0) is 50.0 Å². The highest BCUT2D eigenvalue weighted by Gasteiger charge is 2.22. The molecule has 1 aliphatic heterocycles. The molecule has 1 saturated heterocycles. The van der Waals surface area contributed by atoms with Crippen molar-refractivity contribution in [1.82, 2.24) is 14.3 Å². The van der Waals surface area contributed by atoms with Gasteiger partial charge in [0.2, 0.25) is 0 Å². The number of allylic oxidation sites excluding steroid dienone is 2. The zero-order valence-electron chi connectivity index (χ0n) is 23.3. The molecule has 0 spiro atoms. The maximum atomic E-state index is 10.00. The van der Waals surface area contributed by atoms with Crippen LogP contribution in [-0.2, 0) is 6.42 Å². The molecule has 1 fully saturated rings. The smallest absolute Gasteiger partial charge is 0.141 e. The molecule has 198 valence electrons. The first-order valence-corrected chi connectivity index (χ1v) is 14.0. The fourth-order valence-corrected chi connectivity index (χ4v) is 5.66. The molecule has 2 aromatic heterocycles. The Morgan fingerprint density at radius 2 is 1.87 bits per heavy atom. The summed E-state index contributed by atoms with van der Waals surface area (Å²) >= 11 is 1.41. The van der Waals surface area contributed by atoms with Crippen LogP contribution in [0.25, 0.3) is 11.2 Å². The molecule has 0 unspecified atom stereocenters. The summed E-state index contributed by atoms with van der Waals surface area (Å²) < 4.78 is 2.20. The molecular weight excluding hydrogens is 488 g/mol. The number of aromatic nitrogens is 2. The highest BCUT2D eigenvalue weighted by molar-refractivity contribution is 8.07. The Kier molecular flexibility index (Phi) is 8.65. The van der Waals surface area contributed by atoms with E-state index in [2.05, 4.69) is 95.6 Å². The summed E-state index contributed by atoms with van der Waals surface area (Å²) in [7, 11) is 2.02. The standard InChI is InChI=1S/C31H38N6S/c1-8-14-35-15-17-36(18-16-35)27-19-23(4)30-33-28(9-2)31(37(30)21-27)34(7)25(6)38-29(20-32)24(5)26-12-10-22(3)11-13-26/h8,10-13,19,21H,1,6,9,14-18H2,2-5,7H3/b29-24+. The van der Waals surface area contributed by atoms with Gasteiger partial charge in [-0.3, -0.25) is 9.30 Å². The average molecular weight is 527 g/mol. The molecule has 6 nitrogen and oxygen atoms in total. The molecule has 0 saturated carbocycles. The SMILES string of the molecule is C=CCN1CCN(c2cc(C)c3nc(CC)c(N(C)C(=C)S/C(C#N)=C(\C)c4ccc(C)cc4)n3c2)CC1. The van der Waals surface area contributed by atoms with Gasteiger partial charge in [-0.15, -0.1) is 6.58 Å². The highest BCUT2D eigenvalue weighted by atomic mass is 32.2. The molecular formula is C31H38N6S. The van der Waals surface area contributed by atoms with Crippen LogP contribution in [0.15, 0.2) is 65.7 Å². The summed E-state index contributed by atoms with van der Waals surface area (Å²) in [5.41, 5.74) is 7.53. The lowest BCUT2D eigenvalue weighted by molar-refractivity contribution is 0.284. The Morgan fingerprint density at radius 1 is 1.18 bits per heavy atom. The minimum atomic E-state index is 0.645. The Hall–Kier alpha value is -3.47. The Labute approximate surface area is 231 Å². The first-order chi connectivity index (χ1) is 18.3. The number of pyridine rings is 1. The van der Waals surface area contributed by atoms with Gasteiger partial charge in [0.05, 0.1) is 21.3 Å². The number of rotatable bonds is 9. The molecule has 1 aliphatic rings. The second-order valence-electron chi connectivity index (χ2n) is 9.87. The second kappa shape index (κ2) is 11.9. The van der Waals surface area contributed by atoms with E-state index in [0.717, 1.165) is 78.0 Å². The minimum Gasteiger partial charge on any atom is -0.368 e. The van der Waals surface area contributed by atoms with Gasteiger partial charge in [0.25, 0.3) is 0 Å². The maximum Gasteiger partial charge on any atom is 0.141 e. The van der Waals surface area contributed by atoms with E-state index in [4.69, 9.17) is 4.98 Å². The van der Waals surface area contributed by atoms with Crippen molar-refractivity contribution in [3.63, 3.8) is 0 Å². The predicted octanol–water partition coefficient (Wildman–Crippen LogP) is 6.42. The largest absolute Gasteiger partial charge is 0.368 e. The number of hydrogen-bond donors (Lipinski definition) is 0. The number of fused-ring (bicyclic) bond motifs is 1. The van der Waals surface area contributed by atoms with E-state index < -0.39 is 0 Å².